The zero-order valence-electron chi connectivity index (χ0n) is 11.3. The molecule has 2 atom stereocenters. The lowest BCUT2D eigenvalue weighted by molar-refractivity contribution is 0.206. The van der Waals surface area contributed by atoms with Crippen molar-refractivity contribution in [1.82, 2.24) is 9.88 Å². The van der Waals surface area contributed by atoms with Gasteiger partial charge in [-0.1, -0.05) is 6.92 Å². The average molecular weight is 265 g/mol. The summed E-state index contributed by atoms with van der Waals surface area (Å²) >= 11 is 2.10. The number of nitrogens with zero attached hydrogens (tertiary/aromatic N) is 2. The highest BCUT2D eigenvalue weighted by molar-refractivity contribution is 8.00. The van der Waals surface area contributed by atoms with Crippen LogP contribution < -0.4 is 5.73 Å². The fraction of sp³-hybridized carbons (Fsp3) is 0.643. The standard InChI is InChI=1S/C14H23N3S/c1-3-12-10-17(6-7-18-12)14(8-15)13-9-16-5-4-11(13)2/h4-5,9,12,14H,3,6-8,10,15H2,1-2H3. The molecule has 4 heteroatoms. The third-order valence-electron chi connectivity index (χ3n) is 3.73. The van der Waals surface area contributed by atoms with Crippen molar-refractivity contribution < 1.29 is 0 Å². The lowest BCUT2D eigenvalue weighted by Gasteiger charge is -2.37. The predicted octanol–water partition coefficient (Wildman–Crippen LogP) is 2.22. The van der Waals surface area contributed by atoms with Crippen LogP contribution in [0.4, 0.5) is 0 Å². The number of hydrogen-bond acceptors (Lipinski definition) is 4. The second-order valence-corrected chi connectivity index (χ2v) is 6.29. The molecule has 1 aromatic heterocycles. The van der Waals surface area contributed by atoms with E-state index in [0.717, 1.165) is 18.3 Å². The van der Waals surface area contributed by atoms with Gasteiger partial charge in [0.05, 0.1) is 0 Å². The van der Waals surface area contributed by atoms with Crippen LogP contribution in [0.25, 0.3) is 0 Å². The number of rotatable bonds is 4. The molecule has 2 heterocycles. The molecule has 2 N–H and O–H groups in total. The topological polar surface area (TPSA) is 42.1 Å². The second kappa shape index (κ2) is 6.55. The van der Waals surface area contributed by atoms with E-state index in [1.54, 1.807) is 0 Å². The van der Waals surface area contributed by atoms with Crippen molar-refractivity contribution in [3.8, 4) is 0 Å². The van der Waals surface area contributed by atoms with Crippen molar-refractivity contribution in [3.63, 3.8) is 0 Å². The van der Waals surface area contributed by atoms with Crippen molar-refractivity contribution in [2.75, 3.05) is 25.4 Å². The van der Waals surface area contributed by atoms with Crippen molar-refractivity contribution in [1.29, 1.82) is 0 Å². The van der Waals surface area contributed by atoms with E-state index in [4.69, 9.17) is 5.73 Å². The Morgan fingerprint density at radius 2 is 2.44 bits per heavy atom. The van der Waals surface area contributed by atoms with Gasteiger partial charge in [-0.2, -0.15) is 11.8 Å². The first-order valence-electron chi connectivity index (χ1n) is 6.72. The number of nitrogens with two attached hydrogens (primary N) is 1. The molecule has 1 aliphatic rings. The van der Waals surface area contributed by atoms with Crippen LogP contribution in [0.5, 0.6) is 0 Å². The van der Waals surface area contributed by atoms with Crippen LogP contribution in [0, 0.1) is 6.92 Å². The van der Waals surface area contributed by atoms with Crippen LogP contribution in [0.3, 0.4) is 0 Å². The number of hydrogen-bond donors (Lipinski definition) is 1. The SMILES string of the molecule is CCC1CN(C(CN)c2cnccc2C)CCS1. The maximum Gasteiger partial charge on any atom is 0.0489 e. The molecule has 0 spiro atoms. The summed E-state index contributed by atoms with van der Waals surface area (Å²) in [6.07, 6.45) is 5.08. The van der Waals surface area contributed by atoms with Crippen LogP contribution >= 0.6 is 11.8 Å². The van der Waals surface area contributed by atoms with E-state index in [2.05, 4.69) is 41.6 Å². The van der Waals surface area contributed by atoms with E-state index in [0.29, 0.717) is 12.6 Å². The Labute approximate surface area is 114 Å². The third-order valence-corrected chi connectivity index (χ3v) is 5.10. The van der Waals surface area contributed by atoms with E-state index >= 15 is 0 Å². The van der Waals surface area contributed by atoms with E-state index in [1.165, 1.54) is 23.3 Å². The fourth-order valence-corrected chi connectivity index (χ4v) is 3.78. The Kier molecular flexibility index (Phi) is 5.03. The summed E-state index contributed by atoms with van der Waals surface area (Å²) in [5, 5.41) is 0.754. The minimum absolute atomic E-state index is 0.327. The molecular formula is C14H23N3S. The lowest BCUT2D eigenvalue weighted by atomic mass is 10.0. The Morgan fingerprint density at radius 3 is 3.11 bits per heavy atom. The third kappa shape index (κ3) is 3.05. The minimum Gasteiger partial charge on any atom is -0.329 e. The average Bonchev–Trinajstić information content (AvgIpc) is 2.42. The monoisotopic (exact) mass is 265 g/mol. The van der Waals surface area contributed by atoms with E-state index < -0.39 is 0 Å². The van der Waals surface area contributed by atoms with E-state index in [-0.39, 0.29) is 0 Å². The molecule has 2 unspecified atom stereocenters. The van der Waals surface area contributed by atoms with Gasteiger partial charge in [0.25, 0.3) is 0 Å². The van der Waals surface area contributed by atoms with E-state index in [1.807, 2.05) is 12.4 Å². The van der Waals surface area contributed by atoms with Gasteiger partial charge in [0.2, 0.25) is 0 Å². The van der Waals surface area contributed by atoms with Gasteiger partial charge >= 0.3 is 0 Å². The highest BCUT2D eigenvalue weighted by atomic mass is 32.2. The quantitative estimate of drug-likeness (QED) is 0.906. The number of pyridine rings is 1. The smallest absolute Gasteiger partial charge is 0.0489 e. The fourth-order valence-electron chi connectivity index (χ4n) is 2.57. The second-order valence-electron chi connectivity index (χ2n) is 4.88. The van der Waals surface area contributed by atoms with Crippen molar-refractivity contribution in [3.05, 3.63) is 29.6 Å². The Morgan fingerprint density at radius 1 is 1.61 bits per heavy atom. The van der Waals surface area contributed by atoms with Crippen LogP contribution in [-0.2, 0) is 0 Å². The van der Waals surface area contributed by atoms with Crippen LogP contribution in [-0.4, -0.2) is 40.5 Å². The van der Waals surface area contributed by atoms with Gasteiger partial charge in [-0.05, 0) is 30.5 Å². The van der Waals surface area contributed by atoms with Gasteiger partial charge in [-0.15, -0.1) is 0 Å². The maximum absolute atomic E-state index is 6.02. The van der Waals surface area contributed by atoms with Crippen molar-refractivity contribution in [2.45, 2.75) is 31.6 Å². The minimum atomic E-state index is 0.327. The van der Waals surface area contributed by atoms with Gasteiger partial charge in [0.15, 0.2) is 0 Å². The molecule has 0 aromatic carbocycles. The Bertz CT molecular complexity index is 383. The Hall–Kier alpha value is -0.580. The van der Waals surface area contributed by atoms with Gasteiger partial charge < -0.3 is 5.73 Å². The summed E-state index contributed by atoms with van der Waals surface area (Å²) in [5.41, 5.74) is 8.61. The first kappa shape index (κ1) is 13.8. The molecule has 0 radical (unpaired) electrons. The van der Waals surface area contributed by atoms with Crippen molar-refractivity contribution >= 4 is 11.8 Å². The Balaban J connectivity index is 2.15. The molecule has 0 saturated carbocycles. The molecule has 18 heavy (non-hydrogen) atoms. The molecule has 100 valence electrons. The molecular weight excluding hydrogens is 242 g/mol. The van der Waals surface area contributed by atoms with Gasteiger partial charge in [0, 0.05) is 49.1 Å². The molecule has 1 saturated heterocycles. The van der Waals surface area contributed by atoms with E-state index in [9.17, 15) is 0 Å². The number of aryl methyl sites for hydroxylation is 1. The molecule has 2 rings (SSSR count). The highest BCUT2D eigenvalue weighted by Crippen LogP contribution is 2.29. The summed E-state index contributed by atoms with van der Waals surface area (Å²) in [6.45, 7) is 7.38. The summed E-state index contributed by atoms with van der Waals surface area (Å²) in [6, 6.07) is 2.40. The first-order valence-corrected chi connectivity index (χ1v) is 7.77. The van der Waals surface area contributed by atoms with Crippen LogP contribution in [0.2, 0.25) is 0 Å². The largest absolute Gasteiger partial charge is 0.329 e. The zero-order chi connectivity index (χ0) is 13.0. The summed E-state index contributed by atoms with van der Waals surface area (Å²) in [4.78, 5) is 6.80. The molecule has 0 amide bonds. The molecule has 0 bridgehead atoms. The lowest BCUT2D eigenvalue weighted by Crippen LogP contribution is -2.43. The van der Waals surface area contributed by atoms with Gasteiger partial charge in [-0.25, -0.2) is 0 Å². The predicted molar refractivity (Wildman–Crippen MR) is 78.9 cm³/mol. The van der Waals surface area contributed by atoms with Crippen molar-refractivity contribution in [2.24, 2.45) is 5.73 Å². The summed E-state index contributed by atoms with van der Waals surface area (Å²) in [5.74, 6) is 1.22. The zero-order valence-corrected chi connectivity index (χ0v) is 12.1. The van der Waals surface area contributed by atoms with Gasteiger partial charge in [0.1, 0.15) is 0 Å². The number of thioether (sulfide) groups is 1. The molecule has 0 aliphatic carbocycles. The normalized spacial score (nSPS) is 22.9. The molecule has 1 aliphatic heterocycles. The number of aromatic nitrogens is 1. The van der Waals surface area contributed by atoms with Crippen LogP contribution in [0.15, 0.2) is 18.5 Å². The first-order chi connectivity index (χ1) is 8.76. The maximum atomic E-state index is 6.02. The molecule has 3 nitrogen and oxygen atoms in total. The highest BCUT2D eigenvalue weighted by Gasteiger charge is 2.26. The summed E-state index contributed by atoms with van der Waals surface area (Å²) in [7, 11) is 0. The van der Waals surface area contributed by atoms with Crippen LogP contribution in [0.1, 0.15) is 30.5 Å². The molecule has 1 fully saturated rings. The summed E-state index contributed by atoms with van der Waals surface area (Å²) < 4.78 is 0. The molecule has 1 aromatic rings. The van der Waals surface area contributed by atoms with Gasteiger partial charge in [-0.3, -0.25) is 9.88 Å².